The molecule has 0 aliphatic carbocycles. The number of alkyl halides is 2. The van der Waals surface area contributed by atoms with Crippen molar-refractivity contribution in [3.8, 4) is 12.3 Å². The summed E-state index contributed by atoms with van der Waals surface area (Å²) < 4.78 is 34.3. The first kappa shape index (κ1) is 15.5. The number of ether oxygens (including phenoxy) is 1. The van der Waals surface area contributed by atoms with Crippen molar-refractivity contribution in [2.24, 2.45) is 0 Å². The predicted octanol–water partition coefficient (Wildman–Crippen LogP) is -0.683. The third-order valence-electron chi connectivity index (χ3n) is 3.70. The lowest BCUT2D eigenvalue weighted by Crippen LogP contribution is -2.47. The number of aliphatic hydroxyl groups is 2. The molecular formula is C13H12F2N4O4. The number of aromatic amines is 1. The van der Waals surface area contributed by atoms with Crippen molar-refractivity contribution in [3.63, 3.8) is 0 Å². The molecule has 0 amide bonds. The number of imidazole rings is 1. The van der Waals surface area contributed by atoms with Crippen LogP contribution < -0.4 is 5.56 Å². The Labute approximate surface area is 127 Å². The summed E-state index contributed by atoms with van der Waals surface area (Å²) in [5.74, 6) is -1.22. The van der Waals surface area contributed by atoms with Gasteiger partial charge in [0.25, 0.3) is 11.4 Å². The standard InChI is InChI=1S/C13H12F2N4O4/c1-3-12(22)10(14)13(15,4-20)23-11(12)19-5-16-7-8(19)17-6(2)18-9(7)21/h1,5,10-11,20,22H,4H2,2H3,(H,17,18,21)/t10-,11+,12+,13+/m0/s1. The fourth-order valence-electron chi connectivity index (χ4n) is 2.53. The first-order chi connectivity index (χ1) is 10.8. The molecule has 1 aliphatic rings. The molecule has 1 aliphatic heterocycles. The van der Waals surface area contributed by atoms with E-state index in [1.165, 1.54) is 6.92 Å². The van der Waals surface area contributed by atoms with Crippen molar-refractivity contribution in [2.45, 2.75) is 30.8 Å². The van der Waals surface area contributed by atoms with Crippen LogP contribution in [0.3, 0.4) is 0 Å². The van der Waals surface area contributed by atoms with Gasteiger partial charge in [-0.1, -0.05) is 5.92 Å². The van der Waals surface area contributed by atoms with E-state index in [2.05, 4.69) is 15.0 Å². The number of terminal acetylenes is 1. The molecule has 2 aromatic rings. The first-order valence-electron chi connectivity index (χ1n) is 6.52. The van der Waals surface area contributed by atoms with Crippen molar-refractivity contribution < 1.29 is 23.7 Å². The summed E-state index contributed by atoms with van der Waals surface area (Å²) in [6.07, 6.45) is 1.69. The highest BCUT2D eigenvalue weighted by Crippen LogP contribution is 2.47. The molecule has 23 heavy (non-hydrogen) atoms. The molecule has 122 valence electrons. The van der Waals surface area contributed by atoms with E-state index in [1.54, 1.807) is 5.92 Å². The summed E-state index contributed by atoms with van der Waals surface area (Å²) in [6, 6.07) is 0. The topological polar surface area (TPSA) is 113 Å². The molecule has 3 heterocycles. The summed E-state index contributed by atoms with van der Waals surface area (Å²) in [5, 5.41) is 19.3. The number of hydrogen-bond donors (Lipinski definition) is 3. The molecule has 3 N–H and O–H groups in total. The van der Waals surface area contributed by atoms with E-state index < -0.39 is 36.0 Å². The highest BCUT2D eigenvalue weighted by atomic mass is 19.2. The van der Waals surface area contributed by atoms with E-state index in [0.29, 0.717) is 0 Å². The molecule has 0 radical (unpaired) electrons. The van der Waals surface area contributed by atoms with Gasteiger partial charge in [-0.2, -0.15) is 0 Å². The molecule has 0 unspecified atom stereocenters. The van der Waals surface area contributed by atoms with Crippen molar-refractivity contribution >= 4 is 11.2 Å². The van der Waals surface area contributed by atoms with Crippen LogP contribution in [0.25, 0.3) is 11.2 Å². The Morgan fingerprint density at radius 1 is 1.65 bits per heavy atom. The zero-order chi connectivity index (χ0) is 17.0. The average molecular weight is 326 g/mol. The lowest BCUT2D eigenvalue weighted by atomic mass is 9.95. The monoisotopic (exact) mass is 326 g/mol. The number of rotatable bonds is 2. The molecular weight excluding hydrogens is 314 g/mol. The lowest BCUT2D eigenvalue weighted by molar-refractivity contribution is -0.195. The van der Waals surface area contributed by atoms with Gasteiger partial charge in [0.1, 0.15) is 12.4 Å². The summed E-state index contributed by atoms with van der Waals surface area (Å²) >= 11 is 0. The maximum Gasteiger partial charge on any atom is 0.279 e. The van der Waals surface area contributed by atoms with Gasteiger partial charge in [-0.25, -0.2) is 18.7 Å². The quantitative estimate of drug-likeness (QED) is 0.630. The van der Waals surface area contributed by atoms with E-state index in [0.717, 1.165) is 10.9 Å². The van der Waals surface area contributed by atoms with Crippen molar-refractivity contribution in [1.82, 2.24) is 19.5 Å². The molecule has 0 aromatic carbocycles. The van der Waals surface area contributed by atoms with Crippen LogP contribution in [0.5, 0.6) is 0 Å². The molecule has 10 heteroatoms. The molecule has 0 bridgehead atoms. The van der Waals surface area contributed by atoms with Crippen LogP contribution in [0.15, 0.2) is 11.1 Å². The van der Waals surface area contributed by atoms with Crippen LogP contribution in [-0.4, -0.2) is 54.0 Å². The van der Waals surface area contributed by atoms with Crippen LogP contribution >= 0.6 is 0 Å². The third-order valence-corrected chi connectivity index (χ3v) is 3.70. The number of aromatic nitrogens is 4. The number of fused-ring (bicyclic) bond motifs is 1. The molecule has 8 nitrogen and oxygen atoms in total. The zero-order valence-corrected chi connectivity index (χ0v) is 11.8. The first-order valence-corrected chi connectivity index (χ1v) is 6.52. The van der Waals surface area contributed by atoms with Crippen molar-refractivity contribution in [2.75, 3.05) is 6.61 Å². The summed E-state index contributed by atoms with van der Waals surface area (Å²) in [4.78, 5) is 22.0. The van der Waals surface area contributed by atoms with Crippen LogP contribution in [0.1, 0.15) is 12.1 Å². The number of halogens is 2. The fourth-order valence-corrected chi connectivity index (χ4v) is 2.53. The second kappa shape index (κ2) is 4.82. The van der Waals surface area contributed by atoms with Gasteiger partial charge in [0, 0.05) is 0 Å². The average Bonchev–Trinajstić information content (AvgIpc) is 3.01. The minimum Gasteiger partial charge on any atom is -0.390 e. The fraction of sp³-hybridized carbons (Fsp3) is 0.462. The van der Waals surface area contributed by atoms with Gasteiger partial charge in [-0.15, -0.1) is 6.42 Å². The Balaban J connectivity index is 2.22. The molecule has 0 spiro atoms. The second-order valence-electron chi connectivity index (χ2n) is 5.22. The number of hydrogen-bond acceptors (Lipinski definition) is 6. The van der Waals surface area contributed by atoms with E-state index >= 15 is 0 Å². The summed E-state index contributed by atoms with van der Waals surface area (Å²) in [7, 11) is 0. The molecule has 0 saturated carbocycles. The van der Waals surface area contributed by atoms with Gasteiger partial charge in [0.2, 0.25) is 11.8 Å². The number of nitrogens with zero attached hydrogens (tertiary/aromatic N) is 3. The van der Waals surface area contributed by atoms with Gasteiger partial charge in [0.05, 0.1) is 6.33 Å². The van der Waals surface area contributed by atoms with Gasteiger partial charge in [-0.3, -0.25) is 9.36 Å². The summed E-state index contributed by atoms with van der Waals surface area (Å²) in [5.41, 5.74) is -3.48. The largest absolute Gasteiger partial charge is 0.390 e. The Morgan fingerprint density at radius 2 is 2.35 bits per heavy atom. The van der Waals surface area contributed by atoms with Gasteiger partial charge in [-0.05, 0) is 6.92 Å². The third kappa shape index (κ3) is 1.98. The number of aliphatic hydroxyl groups excluding tert-OH is 1. The van der Waals surface area contributed by atoms with E-state index in [9.17, 15) is 18.7 Å². The molecule has 4 atom stereocenters. The Kier molecular flexibility index (Phi) is 3.26. The second-order valence-corrected chi connectivity index (χ2v) is 5.22. The molecule has 2 aromatic heterocycles. The van der Waals surface area contributed by atoms with Crippen molar-refractivity contribution in [3.05, 3.63) is 22.5 Å². The highest BCUT2D eigenvalue weighted by molar-refractivity contribution is 5.69. The molecule has 3 rings (SSSR count). The van der Waals surface area contributed by atoms with E-state index in [-0.39, 0.29) is 17.0 Å². The van der Waals surface area contributed by atoms with E-state index in [1.807, 2.05) is 0 Å². The predicted molar refractivity (Wildman–Crippen MR) is 72.6 cm³/mol. The lowest BCUT2D eigenvalue weighted by Gasteiger charge is -2.24. The number of aryl methyl sites for hydroxylation is 1. The SMILES string of the molecule is C#C[C@]1(O)[C@H](n2cnc3c(=O)[nH]c(C)nc32)O[C@](F)(CO)[C@H]1F. The molecule has 1 saturated heterocycles. The summed E-state index contributed by atoms with van der Waals surface area (Å²) in [6.45, 7) is 0.139. The van der Waals surface area contributed by atoms with Gasteiger partial charge >= 0.3 is 0 Å². The minimum absolute atomic E-state index is 0.0701. The number of H-pyrrole nitrogens is 1. The van der Waals surface area contributed by atoms with Gasteiger partial charge in [0.15, 0.2) is 17.4 Å². The normalized spacial score (nSPS) is 33.9. The van der Waals surface area contributed by atoms with Crippen LogP contribution in [-0.2, 0) is 4.74 Å². The van der Waals surface area contributed by atoms with E-state index in [4.69, 9.17) is 16.3 Å². The van der Waals surface area contributed by atoms with Crippen LogP contribution in [0, 0.1) is 19.3 Å². The Bertz CT molecular complexity index is 875. The van der Waals surface area contributed by atoms with Gasteiger partial charge < -0.3 is 19.9 Å². The highest BCUT2D eigenvalue weighted by Gasteiger charge is 2.66. The number of nitrogens with one attached hydrogen (secondary N) is 1. The Hall–Kier alpha value is -2.35. The smallest absolute Gasteiger partial charge is 0.279 e. The maximum absolute atomic E-state index is 14.3. The Morgan fingerprint density at radius 3 is 2.96 bits per heavy atom. The molecule has 1 fully saturated rings. The minimum atomic E-state index is -3.20. The maximum atomic E-state index is 14.3. The van der Waals surface area contributed by atoms with Crippen molar-refractivity contribution in [1.29, 1.82) is 0 Å². The zero-order valence-electron chi connectivity index (χ0n) is 11.8. The van der Waals surface area contributed by atoms with Crippen LogP contribution in [0.2, 0.25) is 0 Å². The van der Waals surface area contributed by atoms with Crippen LogP contribution in [0.4, 0.5) is 8.78 Å².